The second kappa shape index (κ2) is 11.0. The van der Waals surface area contributed by atoms with Crippen molar-refractivity contribution in [2.24, 2.45) is 0 Å². The topological polar surface area (TPSA) is 84.9 Å². The number of hydrogen-bond acceptors (Lipinski definition) is 6. The lowest BCUT2D eigenvalue weighted by atomic mass is 10.1. The van der Waals surface area contributed by atoms with Crippen molar-refractivity contribution in [3.8, 4) is 5.75 Å². The quantitative estimate of drug-likeness (QED) is 0.575. The number of thioether (sulfide) groups is 1. The maximum atomic E-state index is 12.9. The summed E-state index contributed by atoms with van der Waals surface area (Å²) in [6.45, 7) is 4.22. The first-order chi connectivity index (χ1) is 14.9. The van der Waals surface area contributed by atoms with Crippen LogP contribution in [0, 0.1) is 6.92 Å². The van der Waals surface area contributed by atoms with Gasteiger partial charge in [-0.05, 0) is 30.7 Å². The molecule has 0 aromatic heterocycles. The summed E-state index contributed by atoms with van der Waals surface area (Å²) >= 11 is 1.66. The van der Waals surface area contributed by atoms with Crippen LogP contribution in [0.2, 0.25) is 0 Å². The van der Waals surface area contributed by atoms with Crippen molar-refractivity contribution in [3.05, 3.63) is 59.2 Å². The molecule has 9 heteroatoms. The van der Waals surface area contributed by atoms with E-state index < -0.39 is 10.0 Å². The highest BCUT2D eigenvalue weighted by molar-refractivity contribution is 7.98. The summed E-state index contributed by atoms with van der Waals surface area (Å²) in [6, 6.07) is 12.7. The molecule has 0 radical (unpaired) electrons. The predicted molar refractivity (Wildman–Crippen MR) is 122 cm³/mol. The molecule has 1 heterocycles. The number of benzene rings is 2. The smallest absolute Gasteiger partial charge is 0.257 e. The van der Waals surface area contributed by atoms with Crippen LogP contribution in [-0.2, 0) is 20.5 Å². The Morgan fingerprint density at radius 2 is 1.87 bits per heavy atom. The highest BCUT2D eigenvalue weighted by atomic mass is 32.2. The van der Waals surface area contributed by atoms with Gasteiger partial charge in [-0.25, -0.2) is 13.1 Å². The summed E-state index contributed by atoms with van der Waals surface area (Å²) in [6.07, 6.45) is 0. The highest BCUT2D eigenvalue weighted by Gasteiger charge is 2.24. The lowest BCUT2D eigenvalue weighted by molar-refractivity contribution is 0.0300. The van der Waals surface area contributed by atoms with Gasteiger partial charge < -0.3 is 14.4 Å². The summed E-state index contributed by atoms with van der Waals surface area (Å²) in [7, 11) is -2.28. The Hall–Kier alpha value is -2.07. The normalized spacial score (nSPS) is 14.5. The van der Waals surface area contributed by atoms with Crippen LogP contribution in [0.25, 0.3) is 0 Å². The van der Waals surface area contributed by atoms with Gasteiger partial charge in [0.1, 0.15) is 5.75 Å². The Morgan fingerprint density at radius 1 is 1.16 bits per heavy atom. The van der Waals surface area contributed by atoms with E-state index in [4.69, 9.17) is 9.47 Å². The molecule has 3 rings (SSSR count). The molecule has 2 aromatic rings. The van der Waals surface area contributed by atoms with E-state index in [-0.39, 0.29) is 16.4 Å². The van der Waals surface area contributed by atoms with E-state index in [2.05, 4.69) is 29.0 Å². The number of morpholine rings is 1. The first-order valence-corrected chi connectivity index (χ1v) is 12.7. The van der Waals surface area contributed by atoms with E-state index in [9.17, 15) is 13.2 Å². The van der Waals surface area contributed by atoms with Gasteiger partial charge in [0.15, 0.2) is 0 Å². The van der Waals surface area contributed by atoms with E-state index in [1.165, 1.54) is 36.4 Å². The van der Waals surface area contributed by atoms with Gasteiger partial charge >= 0.3 is 0 Å². The third kappa shape index (κ3) is 6.46. The number of amides is 1. The Balaban J connectivity index is 1.60. The average molecular weight is 465 g/mol. The molecule has 0 aliphatic carbocycles. The van der Waals surface area contributed by atoms with Gasteiger partial charge in [0.05, 0.1) is 30.8 Å². The molecule has 0 saturated carbocycles. The van der Waals surface area contributed by atoms with E-state index in [1.807, 2.05) is 6.92 Å². The van der Waals surface area contributed by atoms with E-state index in [0.29, 0.717) is 44.4 Å². The van der Waals surface area contributed by atoms with Gasteiger partial charge in [-0.2, -0.15) is 11.8 Å². The van der Waals surface area contributed by atoms with Gasteiger partial charge in [0.25, 0.3) is 5.91 Å². The number of ether oxygens (including phenoxy) is 2. The second-order valence-electron chi connectivity index (χ2n) is 7.20. The van der Waals surface area contributed by atoms with Gasteiger partial charge in [-0.1, -0.05) is 29.8 Å². The third-order valence-electron chi connectivity index (χ3n) is 4.94. The molecule has 0 bridgehead atoms. The van der Waals surface area contributed by atoms with Crippen molar-refractivity contribution in [1.82, 2.24) is 9.62 Å². The van der Waals surface area contributed by atoms with Crippen molar-refractivity contribution in [1.29, 1.82) is 0 Å². The first-order valence-electron chi connectivity index (χ1n) is 10.1. The molecule has 31 heavy (non-hydrogen) atoms. The summed E-state index contributed by atoms with van der Waals surface area (Å²) < 4.78 is 38.7. The molecule has 1 N–H and O–H groups in total. The van der Waals surface area contributed by atoms with Crippen LogP contribution in [0.1, 0.15) is 21.5 Å². The van der Waals surface area contributed by atoms with Crippen LogP contribution < -0.4 is 9.46 Å². The zero-order valence-electron chi connectivity index (χ0n) is 17.8. The van der Waals surface area contributed by atoms with Crippen LogP contribution >= 0.6 is 11.8 Å². The lowest BCUT2D eigenvalue weighted by Gasteiger charge is -2.27. The molecule has 0 spiro atoms. The van der Waals surface area contributed by atoms with Crippen molar-refractivity contribution in [3.63, 3.8) is 0 Å². The van der Waals surface area contributed by atoms with Crippen molar-refractivity contribution < 1.29 is 22.7 Å². The molecular formula is C22H28N2O5S2. The predicted octanol–water partition coefficient (Wildman–Crippen LogP) is 2.69. The zero-order valence-corrected chi connectivity index (χ0v) is 19.4. The Labute approximate surface area is 188 Å². The highest BCUT2D eigenvalue weighted by Crippen LogP contribution is 2.24. The summed E-state index contributed by atoms with van der Waals surface area (Å²) in [5, 5.41) is 0. The largest absolute Gasteiger partial charge is 0.496 e. The number of carbonyl (C=O) groups is 1. The van der Waals surface area contributed by atoms with Crippen LogP contribution in [0.5, 0.6) is 5.75 Å². The van der Waals surface area contributed by atoms with Crippen molar-refractivity contribution in [2.45, 2.75) is 17.6 Å². The fraction of sp³-hybridized carbons (Fsp3) is 0.409. The number of carbonyl (C=O) groups excluding carboxylic acids is 1. The molecule has 7 nitrogen and oxygen atoms in total. The van der Waals surface area contributed by atoms with Gasteiger partial charge in [-0.15, -0.1) is 0 Å². The molecule has 1 aliphatic heterocycles. The number of methoxy groups -OCH3 is 1. The molecule has 0 atom stereocenters. The molecule has 1 aliphatic rings. The summed E-state index contributed by atoms with van der Waals surface area (Å²) in [5.41, 5.74) is 2.66. The maximum Gasteiger partial charge on any atom is 0.257 e. The monoisotopic (exact) mass is 464 g/mol. The Bertz CT molecular complexity index is 987. The number of nitrogens with one attached hydrogen (secondary N) is 1. The Morgan fingerprint density at radius 3 is 2.55 bits per heavy atom. The lowest BCUT2D eigenvalue weighted by Crippen LogP contribution is -2.40. The fourth-order valence-corrected chi connectivity index (χ4v) is 5.17. The summed E-state index contributed by atoms with van der Waals surface area (Å²) in [4.78, 5) is 14.6. The number of sulfonamides is 1. The molecule has 2 aromatic carbocycles. The minimum atomic E-state index is -3.74. The number of rotatable bonds is 9. The van der Waals surface area contributed by atoms with Crippen LogP contribution in [-0.4, -0.2) is 64.9 Å². The molecule has 0 unspecified atom stereocenters. The zero-order chi connectivity index (χ0) is 22.3. The van der Waals surface area contributed by atoms with Crippen molar-refractivity contribution in [2.75, 3.05) is 45.7 Å². The number of nitrogens with zero attached hydrogens (tertiary/aromatic N) is 1. The van der Waals surface area contributed by atoms with Gasteiger partial charge in [-0.3, -0.25) is 4.79 Å². The molecule has 168 valence electrons. The van der Waals surface area contributed by atoms with Crippen molar-refractivity contribution >= 4 is 27.7 Å². The maximum absolute atomic E-state index is 12.9. The fourth-order valence-electron chi connectivity index (χ4n) is 3.16. The van der Waals surface area contributed by atoms with E-state index in [0.717, 1.165) is 5.75 Å². The molecular weight excluding hydrogens is 436 g/mol. The van der Waals surface area contributed by atoms with Gasteiger partial charge in [0.2, 0.25) is 10.0 Å². The first kappa shape index (κ1) is 23.6. The standard InChI is InChI=1S/C22H28N2O5S2/c1-17-3-5-18(6-4-17)16-30-14-9-23-31(26,27)19-7-8-21(28-2)20(15-19)22(25)24-10-12-29-13-11-24/h3-8,15,23H,9-14,16H2,1-2H3. The SMILES string of the molecule is COc1ccc(S(=O)(=O)NCCSCc2ccc(C)cc2)cc1C(=O)N1CCOCC1. The Kier molecular flexibility index (Phi) is 8.36. The van der Waals surface area contributed by atoms with E-state index >= 15 is 0 Å². The molecule has 1 amide bonds. The van der Waals surface area contributed by atoms with Crippen LogP contribution in [0.15, 0.2) is 47.4 Å². The van der Waals surface area contributed by atoms with Crippen LogP contribution in [0.4, 0.5) is 0 Å². The third-order valence-corrected chi connectivity index (χ3v) is 7.43. The molecule has 1 saturated heterocycles. The number of aryl methyl sites for hydroxylation is 1. The van der Waals surface area contributed by atoms with E-state index in [1.54, 1.807) is 16.7 Å². The minimum Gasteiger partial charge on any atom is -0.496 e. The number of hydrogen-bond donors (Lipinski definition) is 1. The average Bonchev–Trinajstić information content (AvgIpc) is 2.79. The van der Waals surface area contributed by atoms with Crippen LogP contribution in [0.3, 0.4) is 0 Å². The summed E-state index contributed by atoms with van der Waals surface area (Å²) in [5.74, 6) is 1.56. The second-order valence-corrected chi connectivity index (χ2v) is 10.1. The molecule has 1 fully saturated rings. The van der Waals surface area contributed by atoms with Gasteiger partial charge in [0, 0.05) is 31.1 Å². The minimum absolute atomic E-state index is 0.0495.